The topological polar surface area (TPSA) is 96.5 Å². The fourth-order valence-corrected chi connectivity index (χ4v) is 2.83. The Bertz CT molecular complexity index is 710. The van der Waals surface area contributed by atoms with Crippen molar-refractivity contribution in [1.29, 1.82) is 0 Å². The highest BCUT2D eigenvalue weighted by molar-refractivity contribution is 6.28. The maximum atomic E-state index is 9.70. The molecule has 1 unspecified atom stereocenters. The number of nitrogens with zero attached hydrogens (tertiary/aromatic N) is 3. The number of anilines is 3. The molecule has 128 valence electrons. The molecule has 0 radical (unpaired) electrons. The fraction of sp³-hybridized carbons (Fsp3) is 0.375. The number of rotatable bonds is 5. The number of hydrogen-bond acceptors (Lipinski definition) is 7. The van der Waals surface area contributed by atoms with Crippen molar-refractivity contribution >= 4 is 28.9 Å². The van der Waals surface area contributed by atoms with Crippen LogP contribution < -0.4 is 20.7 Å². The number of β-amino-alcohol motifs (C(OH)–C–C–N with tert-alkyl or cyclic N) is 1. The second kappa shape index (κ2) is 7.11. The molecule has 1 fully saturated rings. The maximum absolute atomic E-state index is 9.70. The Hall–Kier alpha value is -2.25. The van der Waals surface area contributed by atoms with Gasteiger partial charge in [0.2, 0.25) is 5.28 Å². The van der Waals surface area contributed by atoms with E-state index in [1.54, 1.807) is 7.11 Å². The van der Waals surface area contributed by atoms with Gasteiger partial charge >= 0.3 is 0 Å². The van der Waals surface area contributed by atoms with E-state index in [1.807, 2.05) is 29.2 Å². The van der Waals surface area contributed by atoms with Crippen molar-refractivity contribution in [1.82, 2.24) is 9.97 Å². The van der Waals surface area contributed by atoms with E-state index in [4.69, 9.17) is 22.1 Å². The van der Waals surface area contributed by atoms with E-state index >= 15 is 0 Å². The predicted molar refractivity (Wildman–Crippen MR) is 94.6 cm³/mol. The minimum atomic E-state index is -0.367. The molecule has 4 N–H and O–H groups in total. The summed E-state index contributed by atoms with van der Waals surface area (Å²) in [5, 5.41) is 13.0. The molecule has 2 heterocycles. The van der Waals surface area contributed by atoms with Crippen LogP contribution in [0.3, 0.4) is 0 Å². The molecule has 1 aromatic carbocycles. The number of nitrogens with two attached hydrogens (primary N) is 1. The van der Waals surface area contributed by atoms with E-state index in [9.17, 15) is 5.11 Å². The number of aliphatic hydroxyl groups excluding tert-OH is 1. The van der Waals surface area contributed by atoms with Gasteiger partial charge in [0, 0.05) is 19.6 Å². The van der Waals surface area contributed by atoms with Gasteiger partial charge in [0.05, 0.1) is 13.2 Å². The molecule has 0 bridgehead atoms. The lowest BCUT2D eigenvalue weighted by atomic mass is 10.2. The first-order valence-corrected chi connectivity index (χ1v) is 8.07. The van der Waals surface area contributed by atoms with E-state index in [0.29, 0.717) is 43.4 Å². The summed E-state index contributed by atoms with van der Waals surface area (Å²) in [5.41, 5.74) is 7.69. The molecule has 24 heavy (non-hydrogen) atoms. The van der Waals surface area contributed by atoms with Crippen LogP contribution in [0.2, 0.25) is 5.28 Å². The highest BCUT2D eigenvalue weighted by Gasteiger charge is 2.25. The molecule has 1 aromatic heterocycles. The van der Waals surface area contributed by atoms with Gasteiger partial charge < -0.3 is 25.8 Å². The summed E-state index contributed by atoms with van der Waals surface area (Å²) in [4.78, 5) is 10.3. The summed E-state index contributed by atoms with van der Waals surface area (Å²) in [7, 11) is 1.63. The average molecular weight is 350 g/mol. The molecule has 0 amide bonds. The largest absolute Gasteiger partial charge is 0.497 e. The number of aromatic nitrogens is 2. The first kappa shape index (κ1) is 16.6. The number of aliphatic hydroxyl groups is 1. The Morgan fingerprint density at radius 1 is 1.38 bits per heavy atom. The van der Waals surface area contributed by atoms with Gasteiger partial charge in [-0.1, -0.05) is 12.1 Å². The van der Waals surface area contributed by atoms with Gasteiger partial charge in [-0.3, -0.25) is 0 Å². The normalized spacial score (nSPS) is 17.1. The van der Waals surface area contributed by atoms with E-state index < -0.39 is 0 Å². The van der Waals surface area contributed by atoms with Crippen molar-refractivity contribution in [2.45, 2.75) is 19.1 Å². The van der Waals surface area contributed by atoms with Crippen molar-refractivity contribution in [2.24, 2.45) is 0 Å². The van der Waals surface area contributed by atoms with E-state index in [0.717, 1.165) is 11.3 Å². The molecule has 2 aromatic rings. The minimum absolute atomic E-state index is 0.123. The molecule has 0 saturated carbocycles. The van der Waals surface area contributed by atoms with Crippen molar-refractivity contribution in [3.63, 3.8) is 0 Å². The molecule has 8 heteroatoms. The van der Waals surface area contributed by atoms with Gasteiger partial charge in [-0.25, -0.2) is 0 Å². The van der Waals surface area contributed by atoms with E-state index in [1.165, 1.54) is 0 Å². The summed E-state index contributed by atoms with van der Waals surface area (Å²) in [6.07, 6.45) is 0.323. The Labute approximate surface area is 145 Å². The third kappa shape index (κ3) is 3.63. The fourth-order valence-electron chi connectivity index (χ4n) is 2.67. The smallest absolute Gasteiger partial charge is 0.226 e. The second-order valence-electron chi connectivity index (χ2n) is 5.67. The Morgan fingerprint density at radius 2 is 2.12 bits per heavy atom. The molecule has 1 aliphatic heterocycles. The molecular weight excluding hydrogens is 330 g/mol. The molecule has 0 aliphatic carbocycles. The van der Waals surface area contributed by atoms with Crippen LogP contribution >= 0.6 is 11.6 Å². The third-order valence-electron chi connectivity index (χ3n) is 3.98. The monoisotopic (exact) mass is 349 g/mol. The summed E-state index contributed by atoms with van der Waals surface area (Å²) in [6, 6.07) is 7.71. The van der Waals surface area contributed by atoms with E-state index in [-0.39, 0.29) is 11.4 Å². The number of ether oxygens (including phenoxy) is 1. The number of benzene rings is 1. The van der Waals surface area contributed by atoms with Gasteiger partial charge in [-0.05, 0) is 35.7 Å². The quantitative estimate of drug-likeness (QED) is 0.709. The van der Waals surface area contributed by atoms with Crippen molar-refractivity contribution < 1.29 is 9.84 Å². The lowest BCUT2D eigenvalue weighted by Gasteiger charge is -2.20. The van der Waals surface area contributed by atoms with Crippen molar-refractivity contribution in [3.05, 3.63) is 35.1 Å². The standard InChI is InChI=1S/C16H20ClN5O2/c1-24-12-4-2-10(3-5-12)8-19-14-13(18)15(21-16(17)20-14)22-7-6-11(23)9-22/h2-5,11,23H,6-9,18H2,1H3,(H,19,20,21). The summed E-state index contributed by atoms with van der Waals surface area (Å²) in [5.74, 6) is 1.85. The molecule has 3 rings (SSSR count). The summed E-state index contributed by atoms with van der Waals surface area (Å²) in [6.45, 7) is 1.73. The first-order chi connectivity index (χ1) is 11.6. The van der Waals surface area contributed by atoms with Crippen LogP contribution in [0.25, 0.3) is 0 Å². The number of methoxy groups -OCH3 is 1. The minimum Gasteiger partial charge on any atom is -0.497 e. The molecule has 1 aliphatic rings. The molecule has 1 atom stereocenters. The van der Waals surface area contributed by atoms with Gasteiger partial charge in [0.15, 0.2) is 11.6 Å². The summed E-state index contributed by atoms with van der Waals surface area (Å²) < 4.78 is 5.14. The van der Waals surface area contributed by atoms with Crippen LogP contribution in [0.15, 0.2) is 24.3 Å². The number of nitrogens with one attached hydrogen (secondary N) is 1. The first-order valence-electron chi connectivity index (χ1n) is 7.69. The van der Waals surface area contributed by atoms with Crippen LogP contribution in [0.5, 0.6) is 5.75 Å². The van der Waals surface area contributed by atoms with Crippen LogP contribution in [0.1, 0.15) is 12.0 Å². The SMILES string of the molecule is COc1ccc(CNc2nc(Cl)nc(N3CCC(O)C3)c2N)cc1. The Morgan fingerprint density at radius 3 is 2.75 bits per heavy atom. The number of halogens is 1. The Kier molecular flexibility index (Phi) is 4.92. The molecule has 7 nitrogen and oxygen atoms in total. The van der Waals surface area contributed by atoms with Crippen LogP contribution in [-0.4, -0.2) is 41.4 Å². The van der Waals surface area contributed by atoms with Crippen molar-refractivity contribution in [2.75, 3.05) is 36.1 Å². The highest BCUT2D eigenvalue weighted by atomic mass is 35.5. The van der Waals surface area contributed by atoms with Gasteiger partial charge in [0.25, 0.3) is 0 Å². The molecular formula is C16H20ClN5O2. The zero-order valence-electron chi connectivity index (χ0n) is 13.4. The van der Waals surface area contributed by atoms with Crippen LogP contribution in [0.4, 0.5) is 17.3 Å². The third-order valence-corrected chi connectivity index (χ3v) is 4.15. The van der Waals surface area contributed by atoms with E-state index in [2.05, 4.69) is 15.3 Å². The lowest BCUT2D eigenvalue weighted by molar-refractivity contribution is 0.198. The Balaban J connectivity index is 1.76. The lowest BCUT2D eigenvalue weighted by Crippen LogP contribution is -2.24. The average Bonchev–Trinajstić information content (AvgIpc) is 3.02. The highest BCUT2D eigenvalue weighted by Crippen LogP contribution is 2.31. The molecule has 1 saturated heterocycles. The predicted octanol–water partition coefficient (Wildman–Crippen LogP) is 1.90. The van der Waals surface area contributed by atoms with Gasteiger partial charge in [-0.15, -0.1) is 0 Å². The van der Waals surface area contributed by atoms with Crippen LogP contribution in [0, 0.1) is 0 Å². The van der Waals surface area contributed by atoms with Gasteiger partial charge in [0.1, 0.15) is 11.4 Å². The number of hydrogen-bond donors (Lipinski definition) is 3. The molecule has 0 spiro atoms. The zero-order chi connectivity index (χ0) is 17.1. The maximum Gasteiger partial charge on any atom is 0.226 e. The zero-order valence-corrected chi connectivity index (χ0v) is 14.1. The van der Waals surface area contributed by atoms with Gasteiger partial charge in [-0.2, -0.15) is 9.97 Å². The van der Waals surface area contributed by atoms with Crippen molar-refractivity contribution in [3.8, 4) is 5.75 Å². The second-order valence-corrected chi connectivity index (χ2v) is 6.01. The number of nitrogen functional groups attached to an aromatic ring is 1. The van der Waals surface area contributed by atoms with Crippen LogP contribution in [-0.2, 0) is 6.54 Å². The summed E-state index contributed by atoms with van der Waals surface area (Å²) >= 11 is 6.03.